The highest BCUT2D eigenvalue weighted by atomic mass is 16.5. The van der Waals surface area contributed by atoms with E-state index in [0.29, 0.717) is 28.7 Å². The Morgan fingerprint density at radius 3 is 2.59 bits per heavy atom. The topological polar surface area (TPSA) is 65.7 Å². The predicted octanol–water partition coefficient (Wildman–Crippen LogP) is 1.62. The Hall–Kier alpha value is -2.30. The van der Waals surface area contributed by atoms with E-state index in [0.717, 1.165) is 0 Å². The lowest BCUT2D eigenvalue weighted by atomic mass is 10.1. The summed E-state index contributed by atoms with van der Waals surface area (Å²) in [6.07, 6.45) is 0.671. The highest BCUT2D eigenvalue weighted by Crippen LogP contribution is 2.36. The van der Waals surface area contributed by atoms with Crippen LogP contribution in [0, 0.1) is 0 Å². The lowest BCUT2D eigenvalue weighted by molar-refractivity contribution is 0.112. The molecule has 0 N–H and O–H groups in total. The molecular weight excluding hydrogens is 224 g/mol. The molecule has 5 nitrogen and oxygen atoms in total. The molecular formula is C12H10O5. The Kier molecular flexibility index (Phi) is 2.82. The molecule has 88 valence electrons. The molecule has 0 saturated carbocycles. The second-order valence-corrected chi connectivity index (χ2v) is 3.32. The second kappa shape index (κ2) is 4.29. The van der Waals surface area contributed by atoms with Gasteiger partial charge in [0.25, 0.3) is 0 Å². The largest absolute Gasteiger partial charge is 0.493 e. The second-order valence-electron chi connectivity index (χ2n) is 3.32. The molecule has 0 fully saturated rings. The average Bonchev–Trinajstić information content (AvgIpc) is 2.36. The predicted molar refractivity (Wildman–Crippen MR) is 61.0 cm³/mol. The Morgan fingerprint density at radius 1 is 1.24 bits per heavy atom. The molecule has 0 aliphatic rings. The van der Waals surface area contributed by atoms with Gasteiger partial charge in [-0.25, -0.2) is 4.79 Å². The first-order valence-electron chi connectivity index (χ1n) is 4.85. The van der Waals surface area contributed by atoms with Gasteiger partial charge in [0.1, 0.15) is 0 Å². The van der Waals surface area contributed by atoms with E-state index >= 15 is 0 Å². The van der Waals surface area contributed by atoms with Gasteiger partial charge in [-0.15, -0.1) is 0 Å². The SMILES string of the molecule is COc1cc(C=O)c2ccc(=O)oc2c1OC. The van der Waals surface area contributed by atoms with Gasteiger partial charge >= 0.3 is 5.63 Å². The Labute approximate surface area is 96.6 Å². The monoisotopic (exact) mass is 234 g/mol. The van der Waals surface area contributed by atoms with E-state index in [1.807, 2.05) is 0 Å². The average molecular weight is 234 g/mol. The molecule has 0 unspecified atom stereocenters. The van der Waals surface area contributed by atoms with Crippen molar-refractivity contribution < 1.29 is 18.7 Å². The van der Waals surface area contributed by atoms with Gasteiger partial charge in [0.15, 0.2) is 17.6 Å². The van der Waals surface area contributed by atoms with Crippen LogP contribution in [0.1, 0.15) is 10.4 Å². The number of benzene rings is 1. The summed E-state index contributed by atoms with van der Waals surface area (Å²) in [4.78, 5) is 22.2. The highest BCUT2D eigenvalue weighted by Gasteiger charge is 2.15. The molecule has 2 aromatic rings. The minimum atomic E-state index is -0.513. The fourth-order valence-electron chi connectivity index (χ4n) is 1.65. The number of rotatable bonds is 3. The van der Waals surface area contributed by atoms with E-state index in [-0.39, 0.29) is 5.58 Å². The van der Waals surface area contributed by atoms with Gasteiger partial charge in [-0.2, -0.15) is 0 Å². The lowest BCUT2D eigenvalue weighted by Crippen LogP contribution is -2.00. The zero-order chi connectivity index (χ0) is 12.4. The van der Waals surface area contributed by atoms with Crippen LogP contribution in [0.4, 0.5) is 0 Å². The number of fused-ring (bicyclic) bond motifs is 1. The number of aldehydes is 1. The summed E-state index contributed by atoms with van der Waals surface area (Å²) in [5, 5.41) is 0.511. The first-order valence-corrected chi connectivity index (χ1v) is 4.85. The summed E-state index contributed by atoms with van der Waals surface area (Å²) in [6, 6.07) is 4.31. The van der Waals surface area contributed by atoms with Crippen LogP contribution in [0.15, 0.2) is 27.4 Å². The number of methoxy groups -OCH3 is 2. The number of carbonyl (C=O) groups is 1. The maximum atomic E-state index is 11.2. The van der Waals surface area contributed by atoms with Gasteiger partial charge in [0.2, 0.25) is 5.75 Å². The highest BCUT2D eigenvalue weighted by molar-refractivity contribution is 5.99. The van der Waals surface area contributed by atoms with E-state index in [2.05, 4.69) is 0 Å². The summed E-state index contributed by atoms with van der Waals surface area (Å²) in [5.41, 5.74) is 0.0729. The molecule has 1 aromatic heterocycles. The molecule has 0 saturated heterocycles. The van der Waals surface area contributed by atoms with Crippen LogP contribution in [-0.4, -0.2) is 20.5 Å². The number of ether oxygens (including phenoxy) is 2. The third kappa shape index (κ3) is 1.75. The summed E-state index contributed by atoms with van der Waals surface area (Å²) >= 11 is 0. The molecule has 17 heavy (non-hydrogen) atoms. The summed E-state index contributed by atoms with van der Waals surface area (Å²) in [5.74, 6) is 0.641. The molecule has 1 aromatic carbocycles. The fraction of sp³-hybridized carbons (Fsp3) is 0.167. The molecule has 1 heterocycles. The van der Waals surface area contributed by atoms with Crippen molar-refractivity contribution in [1.29, 1.82) is 0 Å². The van der Waals surface area contributed by atoms with Crippen molar-refractivity contribution >= 4 is 17.3 Å². The maximum Gasteiger partial charge on any atom is 0.336 e. The Balaban J connectivity index is 2.96. The third-order valence-corrected chi connectivity index (χ3v) is 2.41. The zero-order valence-electron chi connectivity index (χ0n) is 9.35. The van der Waals surface area contributed by atoms with Gasteiger partial charge in [0.05, 0.1) is 14.2 Å². The first-order chi connectivity index (χ1) is 8.21. The fourth-order valence-corrected chi connectivity index (χ4v) is 1.65. The van der Waals surface area contributed by atoms with Crippen LogP contribution in [0.5, 0.6) is 11.5 Å². The van der Waals surface area contributed by atoms with Crippen LogP contribution in [0.25, 0.3) is 11.0 Å². The van der Waals surface area contributed by atoms with Crippen molar-refractivity contribution in [3.63, 3.8) is 0 Å². The van der Waals surface area contributed by atoms with Gasteiger partial charge in [-0.3, -0.25) is 4.79 Å². The zero-order valence-corrected chi connectivity index (χ0v) is 9.35. The van der Waals surface area contributed by atoms with Crippen LogP contribution < -0.4 is 15.1 Å². The van der Waals surface area contributed by atoms with Crippen LogP contribution in [-0.2, 0) is 0 Å². The Morgan fingerprint density at radius 2 is 2.00 bits per heavy atom. The summed E-state index contributed by atoms with van der Waals surface area (Å²) in [7, 11) is 2.88. The van der Waals surface area contributed by atoms with Crippen molar-refractivity contribution in [2.45, 2.75) is 0 Å². The van der Waals surface area contributed by atoms with Gasteiger partial charge in [-0.1, -0.05) is 0 Å². The molecule has 0 aliphatic heterocycles. The number of hydrogen-bond acceptors (Lipinski definition) is 5. The Bertz CT molecular complexity index is 627. The number of carbonyl (C=O) groups excluding carboxylic acids is 1. The van der Waals surface area contributed by atoms with Crippen LogP contribution in [0.2, 0.25) is 0 Å². The van der Waals surface area contributed by atoms with Crippen molar-refractivity contribution in [2.24, 2.45) is 0 Å². The van der Waals surface area contributed by atoms with E-state index in [9.17, 15) is 9.59 Å². The maximum absolute atomic E-state index is 11.2. The van der Waals surface area contributed by atoms with Crippen molar-refractivity contribution in [3.8, 4) is 11.5 Å². The van der Waals surface area contributed by atoms with E-state index in [1.54, 1.807) is 0 Å². The van der Waals surface area contributed by atoms with E-state index in [4.69, 9.17) is 13.9 Å². The van der Waals surface area contributed by atoms with Crippen LogP contribution in [0.3, 0.4) is 0 Å². The molecule has 0 atom stereocenters. The first kappa shape index (κ1) is 11.2. The molecule has 0 amide bonds. The van der Waals surface area contributed by atoms with E-state index < -0.39 is 5.63 Å². The molecule has 0 bridgehead atoms. The molecule has 2 rings (SSSR count). The summed E-state index contributed by atoms with van der Waals surface area (Å²) in [6.45, 7) is 0. The molecule has 5 heteroatoms. The van der Waals surface area contributed by atoms with Gasteiger partial charge in [0, 0.05) is 17.0 Å². The van der Waals surface area contributed by atoms with Crippen molar-refractivity contribution in [3.05, 3.63) is 34.2 Å². The molecule has 0 radical (unpaired) electrons. The quantitative estimate of drug-likeness (QED) is 0.596. The minimum absolute atomic E-state index is 0.210. The third-order valence-electron chi connectivity index (χ3n) is 2.41. The normalized spacial score (nSPS) is 10.2. The number of hydrogen-bond donors (Lipinski definition) is 0. The lowest BCUT2D eigenvalue weighted by Gasteiger charge is -2.10. The standard InChI is InChI=1S/C12H10O5/c1-15-9-5-7(6-13)8-3-4-10(14)17-11(8)12(9)16-2/h3-6H,1-2H3. The van der Waals surface area contributed by atoms with Gasteiger partial charge < -0.3 is 13.9 Å². The van der Waals surface area contributed by atoms with Crippen LogP contribution >= 0.6 is 0 Å². The van der Waals surface area contributed by atoms with Crippen molar-refractivity contribution in [2.75, 3.05) is 14.2 Å². The smallest absolute Gasteiger partial charge is 0.336 e. The van der Waals surface area contributed by atoms with E-state index in [1.165, 1.54) is 32.4 Å². The van der Waals surface area contributed by atoms with Gasteiger partial charge in [-0.05, 0) is 12.1 Å². The molecule has 0 aliphatic carbocycles. The summed E-state index contributed by atoms with van der Waals surface area (Å²) < 4.78 is 15.3. The minimum Gasteiger partial charge on any atom is -0.493 e. The molecule has 0 spiro atoms. The van der Waals surface area contributed by atoms with Crippen molar-refractivity contribution in [1.82, 2.24) is 0 Å².